The van der Waals surface area contributed by atoms with Gasteiger partial charge >= 0.3 is 0 Å². The first kappa shape index (κ1) is 13.6. The third-order valence-corrected chi connectivity index (χ3v) is 3.53. The molecule has 2 rings (SSSR count). The van der Waals surface area contributed by atoms with E-state index in [1.54, 1.807) is 0 Å². The Labute approximate surface area is 113 Å². The fourth-order valence-corrected chi connectivity index (χ4v) is 2.41. The van der Waals surface area contributed by atoms with Gasteiger partial charge < -0.3 is 4.74 Å². The summed E-state index contributed by atoms with van der Waals surface area (Å²) in [5.74, 6) is 1.42. The molecule has 0 radical (unpaired) electrons. The number of likely N-dealkylation sites (tertiary alicyclic amines) is 1. The Kier molecular flexibility index (Phi) is 5.26. The SMILES string of the molecule is FCCCN1CCC(Oc2ccc(CCl)cc2)C1. The topological polar surface area (TPSA) is 12.5 Å². The molecule has 0 aliphatic carbocycles. The lowest BCUT2D eigenvalue weighted by atomic mass is 10.2. The summed E-state index contributed by atoms with van der Waals surface area (Å²) in [7, 11) is 0. The lowest BCUT2D eigenvalue weighted by Crippen LogP contribution is -2.26. The highest BCUT2D eigenvalue weighted by Crippen LogP contribution is 2.19. The van der Waals surface area contributed by atoms with Crippen LogP contribution in [0.15, 0.2) is 24.3 Å². The van der Waals surface area contributed by atoms with E-state index in [-0.39, 0.29) is 12.8 Å². The first-order valence-electron chi connectivity index (χ1n) is 6.41. The molecule has 1 unspecified atom stereocenters. The highest BCUT2D eigenvalue weighted by Gasteiger charge is 2.23. The quantitative estimate of drug-likeness (QED) is 0.737. The third-order valence-electron chi connectivity index (χ3n) is 3.22. The Morgan fingerprint density at radius 2 is 2.11 bits per heavy atom. The summed E-state index contributed by atoms with van der Waals surface area (Å²) in [6.45, 7) is 2.51. The standard InChI is InChI=1S/C14H19ClFNO/c15-10-12-2-4-13(5-3-12)18-14-6-9-17(11-14)8-1-7-16/h2-5,14H,1,6-11H2. The number of benzene rings is 1. The number of halogens is 2. The first-order chi connectivity index (χ1) is 8.81. The Morgan fingerprint density at radius 3 is 2.78 bits per heavy atom. The van der Waals surface area contributed by atoms with Crippen molar-refractivity contribution < 1.29 is 9.13 Å². The lowest BCUT2D eigenvalue weighted by molar-refractivity contribution is 0.198. The molecule has 1 aromatic carbocycles. The normalized spacial score (nSPS) is 20.2. The van der Waals surface area contributed by atoms with Crippen LogP contribution in [0, 0.1) is 0 Å². The molecular formula is C14H19ClFNO. The van der Waals surface area contributed by atoms with Crippen molar-refractivity contribution in [2.24, 2.45) is 0 Å². The molecule has 0 saturated carbocycles. The summed E-state index contributed by atoms with van der Waals surface area (Å²) in [5, 5.41) is 0. The molecular weight excluding hydrogens is 253 g/mol. The van der Waals surface area contributed by atoms with Crippen LogP contribution >= 0.6 is 11.6 Å². The minimum absolute atomic E-state index is 0.228. The maximum atomic E-state index is 12.1. The zero-order valence-corrected chi connectivity index (χ0v) is 11.2. The summed E-state index contributed by atoms with van der Waals surface area (Å²) in [5.41, 5.74) is 1.10. The van der Waals surface area contributed by atoms with Gasteiger partial charge in [-0.2, -0.15) is 0 Å². The average molecular weight is 272 g/mol. The van der Waals surface area contributed by atoms with Gasteiger partial charge in [-0.1, -0.05) is 12.1 Å². The molecule has 18 heavy (non-hydrogen) atoms. The van der Waals surface area contributed by atoms with E-state index in [9.17, 15) is 4.39 Å². The third kappa shape index (κ3) is 3.85. The van der Waals surface area contributed by atoms with E-state index in [1.165, 1.54) is 0 Å². The van der Waals surface area contributed by atoms with E-state index in [2.05, 4.69) is 4.90 Å². The van der Waals surface area contributed by atoms with Crippen molar-refractivity contribution in [1.29, 1.82) is 0 Å². The van der Waals surface area contributed by atoms with E-state index in [4.69, 9.17) is 16.3 Å². The molecule has 0 amide bonds. The van der Waals surface area contributed by atoms with Crippen LogP contribution < -0.4 is 4.74 Å². The van der Waals surface area contributed by atoms with Gasteiger partial charge in [0.1, 0.15) is 11.9 Å². The van der Waals surface area contributed by atoms with Crippen molar-refractivity contribution in [1.82, 2.24) is 4.90 Å². The van der Waals surface area contributed by atoms with Crippen LogP contribution in [0.1, 0.15) is 18.4 Å². The van der Waals surface area contributed by atoms with Gasteiger partial charge in [-0.25, -0.2) is 0 Å². The Balaban J connectivity index is 1.79. The fourth-order valence-electron chi connectivity index (χ4n) is 2.23. The van der Waals surface area contributed by atoms with Crippen LogP contribution in [-0.4, -0.2) is 37.3 Å². The highest BCUT2D eigenvalue weighted by atomic mass is 35.5. The second-order valence-corrected chi connectivity index (χ2v) is 4.92. The molecule has 4 heteroatoms. The summed E-state index contributed by atoms with van der Waals surface area (Å²) >= 11 is 5.74. The van der Waals surface area contributed by atoms with Crippen molar-refractivity contribution in [3.63, 3.8) is 0 Å². The number of alkyl halides is 2. The van der Waals surface area contributed by atoms with Crippen LogP contribution in [0.2, 0.25) is 0 Å². The van der Waals surface area contributed by atoms with Crippen molar-refractivity contribution in [2.75, 3.05) is 26.3 Å². The van der Waals surface area contributed by atoms with Gasteiger partial charge in [-0.05, 0) is 30.5 Å². The van der Waals surface area contributed by atoms with Gasteiger partial charge in [0, 0.05) is 25.5 Å². The molecule has 1 aromatic rings. The van der Waals surface area contributed by atoms with Crippen LogP contribution in [0.25, 0.3) is 0 Å². The molecule has 0 spiro atoms. The van der Waals surface area contributed by atoms with Crippen LogP contribution in [0.5, 0.6) is 5.75 Å². The Bertz CT molecular complexity index is 357. The van der Waals surface area contributed by atoms with E-state index in [1.807, 2.05) is 24.3 Å². The molecule has 0 N–H and O–H groups in total. The minimum atomic E-state index is -0.234. The largest absolute Gasteiger partial charge is 0.489 e. The number of hydrogen-bond donors (Lipinski definition) is 0. The number of nitrogens with zero attached hydrogens (tertiary/aromatic N) is 1. The number of rotatable bonds is 6. The summed E-state index contributed by atoms with van der Waals surface area (Å²) in [4.78, 5) is 2.26. The van der Waals surface area contributed by atoms with E-state index in [0.29, 0.717) is 12.3 Å². The number of ether oxygens (including phenoxy) is 1. The molecule has 100 valence electrons. The summed E-state index contributed by atoms with van der Waals surface area (Å²) in [6, 6.07) is 7.89. The maximum absolute atomic E-state index is 12.1. The van der Waals surface area contributed by atoms with Crippen molar-refractivity contribution in [3.8, 4) is 5.75 Å². The molecule has 2 nitrogen and oxygen atoms in total. The lowest BCUT2D eigenvalue weighted by Gasteiger charge is -2.16. The van der Waals surface area contributed by atoms with Crippen LogP contribution in [0.3, 0.4) is 0 Å². The van der Waals surface area contributed by atoms with Crippen molar-refractivity contribution >= 4 is 11.6 Å². The van der Waals surface area contributed by atoms with Gasteiger partial charge in [0.15, 0.2) is 0 Å². The Hall–Kier alpha value is -0.800. The van der Waals surface area contributed by atoms with Crippen LogP contribution in [-0.2, 0) is 5.88 Å². The fraction of sp³-hybridized carbons (Fsp3) is 0.571. The summed E-state index contributed by atoms with van der Waals surface area (Å²) < 4.78 is 18.0. The smallest absolute Gasteiger partial charge is 0.119 e. The molecule has 1 heterocycles. The summed E-state index contributed by atoms with van der Waals surface area (Å²) in [6.07, 6.45) is 1.87. The molecule has 1 aliphatic heterocycles. The van der Waals surface area contributed by atoms with E-state index in [0.717, 1.165) is 37.4 Å². The molecule has 1 saturated heterocycles. The zero-order valence-electron chi connectivity index (χ0n) is 10.4. The van der Waals surface area contributed by atoms with Gasteiger partial charge in [0.05, 0.1) is 6.67 Å². The zero-order chi connectivity index (χ0) is 12.8. The van der Waals surface area contributed by atoms with Crippen molar-refractivity contribution in [3.05, 3.63) is 29.8 Å². The second kappa shape index (κ2) is 6.95. The van der Waals surface area contributed by atoms with E-state index >= 15 is 0 Å². The van der Waals surface area contributed by atoms with Gasteiger partial charge in [-0.15, -0.1) is 11.6 Å². The molecule has 1 atom stereocenters. The van der Waals surface area contributed by atoms with Gasteiger partial charge in [0.2, 0.25) is 0 Å². The number of hydrogen-bond acceptors (Lipinski definition) is 2. The van der Waals surface area contributed by atoms with Crippen LogP contribution in [0.4, 0.5) is 4.39 Å². The minimum Gasteiger partial charge on any atom is -0.489 e. The highest BCUT2D eigenvalue weighted by molar-refractivity contribution is 6.17. The predicted molar refractivity (Wildman–Crippen MR) is 72.1 cm³/mol. The predicted octanol–water partition coefficient (Wildman–Crippen LogP) is 3.24. The van der Waals surface area contributed by atoms with Crippen molar-refractivity contribution in [2.45, 2.75) is 24.8 Å². The molecule has 1 fully saturated rings. The molecule has 1 aliphatic rings. The van der Waals surface area contributed by atoms with Gasteiger partial charge in [-0.3, -0.25) is 9.29 Å². The second-order valence-electron chi connectivity index (χ2n) is 4.65. The first-order valence-corrected chi connectivity index (χ1v) is 6.95. The molecule has 0 aromatic heterocycles. The maximum Gasteiger partial charge on any atom is 0.119 e. The van der Waals surface area contributed by atoms with E-state index < -0.39 is 0 Å². The van der Waals surface area contributed by atoms with Gasteiger partial charge in [0.25, 0.3) is 0 Å². The Morgan fingerprint density at radius 1 is 1.33 bits per heavy atom. The average Bonchev–Trinajstić information content (AvgIpc) is 2.85. The molecule has 0 bridgehead atoms. The monoisotopic (exact) mass is 271 g/mol.